The first kappa shape index (κ1) is 12.6. The van der Waals surface area contributed by atoms with Crippen molar-refractivity contribution in [1.29, 1.82) is 0 Å². The summed E-state index contributed by atoms with van der Waals surface area (Å²) in [5.74, 6) is 0. The number of hydrogen-bond donors (Lipinski definition) is 1. The third kappa shape index (κ3) is 2.79. The van der Waals surface area contributed by atoms with Gasteiger partial charge in [-0.15, -0.1) is 11.3 Å². The summed E-state index contributed by atoms with van der Waals surface area (Å²) in [7, 11) is 0. The van der Waals surface area contributed by atoms with E-state index in [0.29, 0.717) is 6.61 Å². The molecule has 0 spiro atoms. The second-order valence-corrected chi connectivity index (χ2v) is 7.11. The monoisotopic (exact) mass is 265 g/mol. The third-order valence-corrected chi connectivity index (χ3v) is 5.40. The molecule has 100 valence electrons. The summed E-state index contributed by atoms with van der Waals surface area (Å²) in [6, 6.07) is 5.17. The second kappa shape index (κ2) is 5.32. The second-order valence-electron chi connectivity index (χ2n) is 6.08. The summed E-state index contributed by atoms with van der Waals surface area (Å²) in [6.45, 7) is 2.57. The number of aliphatic hydroxyl groups is 1. The van der Waals surface area contributed by atoms with Gasteiger partial charge >= 0.3 is 0 Å². The molecule has 2 aliphatic carbocycles. The minimum absolute atomic E-state index is 0.208. The van der Waals surface area contributed by atoms with Crippen molar-refractivity contribution in [2.24, 2.45) is 5.41 Å². The van der Waals surface area contributed by atoms with Crippen molar-refractivity contribution in [3.63, 3.8) is 0 Å². The maximum absolute atomic E-state index is 9.77. The van der Waals surface area contributed by atoms with Crippen LogP contribution in [-0.4, -0.2) is 29.2 Å². The lowest BCUT2D eigenvalue weighted by Crippen LogP contribution is -2.39. The Morgan fingerprint density at radius 3 is 2.67 bits per heavy atom. The first-order valence-electron chi connectivity index (χ1n) is 7.19. The fourth-order valence-electron chi connectivity index (χ4n) is 3.28. The van der Waals surface area contributed by atoms with Crippen LogP contribution in [0.5, 0.6) is 0 Å². The van der Waals surface area contributed by atoms with Crippen molar-refractivity contribution in [2.45, 2.75) is 51.1 Å². The molecular weight excluding hydrogens is 242 g/mol. The van der Waals surface area contributed by atoms with Crippen LogP contribution in [0.2, 0.25) is 0 Å². The number of thiophene rings is 1. The van der Waals surface area contributed by atoms with Gasteiger partial charge in [-0.3, -0.25) is 4.90 Å². The van der Waals surface area contributed by atoms with Gasteiger partial charge in [0.1, 0.15) is 0 Å². The van der Waals surface area contributed by atoms with Crippen molar-refractivity contribution < 1.29 is 5.11 Å². The van der Waals surface area contributed by atoms with E-state index in [0.717, 1.165) is 19.1 Å². The molecule has 1 N–H and O–H groups in total. The predicted molar refractivity (Wildman–Crippen MR) is 75.7 cm³/mol. The van der Waals surface area contributed by atoms with Gasteiger partial charge < -0.3 is 5.11 Å². The Morgan fingerprint density at radius 2 is 2.11 bits per heavy atom. The molecule has 2 aliphatic rings. The molecule has 18 heavy (non-hydrogen) atoms. The normalized spacial score (nSPS) is 22.8. The molecule has 0 unspecified atom stereocenters. The SMILES string of the molecule is OCC1(CN(Cc2cccs2)C2CC2)CCCC1. The van der Waals surface area contributed by atoms with Crippen LogP contribution >= 0.6 is 11.3 Å². The van der Waals surface area contributed by atoms with E-state index in [1.807, 2.05) is 11.3 Å². The topological polar surface area (TPSA) is 23.5 Å². The Morgan fingerprint density at radius 1 is 1.33 bits per heavy atom. The van der Waals surface area contributed by atoms with Crippen LogP contribution in [0.1, 0.15) is 43.4 Å². The van der Waals surface area contributed by atoms with Crippen LogP contribution in [0, 0.1) is 5.41 Å². The zero-order chi connectivity index (χ0) is 12.4. The lowest BCUT2D eigenvalue weighted by Gasteiger charge is -2.34. The maximum Gasteiger partial charge on any atom is 0.0499 e. The van der Waals surface area contributed by atoms with E-state index >= 15 is 0 Å². The molecule has 1 heterocycles. The minimum atomic E-state index is 0.208. The summed E-state index contributed by atoms with van der Waals surface area (Å²) >= 11 is 1.86. The molecule has 0 atom stereocenters. The highest BCUT2D eigenvalue weighted by atomic mass is 32.1. The standard InChI is InChI=1S/C15H23NOS/c17-12-15(7-1-2-8-15)11-16(13-5-6-13)10-14-4-3-9-18-14/h3-4,9,13,17H,1-2,5-8,10-12H2. The Labute approximate surface area is 114 Å². The van der Waals surface area contributed by atoms with E-state index in [-0.39, 0.29) is 5.41 Å². The van der Waals surface area contributed by atoms with Crippen LogP contribution in [0.4, 0.5) is 0 Å². The minimum Gasteiger partial charge on any atom is -0.396 e. The average Bonchev–Trinajstić information content (AvgIpc) is 2.92. The van der Waals surface area contributed by atoms with Gasteiger partial charge in [0.05, 0.1) is 0 Å². The number of nitrogens with zero attached hydrogens (tertiary/aromatic N) is 1. The quantitative estimate of drug-likeness (QED) is 0.853. The molecule has 0 radical (unpaired) electrons. The van der Waals surface area contributed by atoms with Crippen molar-refractivity contribution in [2.75, 3.05) is 13.2 Å². The van der Waals surface area contributed by atoms with Gasteiger partial charge in [-0.05, 0) is 37.1 Å². The lowest BCUT2D eigenvalue weighted by atomic mass is 9.86. The molecular formula is C15H23NOS. The summed E-state index contributed by atoms with van der Waals surface area (Å²) in [6.07, 6.45) is 7.75. The van der Waals surface area contributed by atoms with Gasteiger partial charge in [-0.1, -0.05) is 18.9 Å². The molecule has 3 heteroatoms. The summed E-state index contributed by atoms with van der Waals surface area (Å²) in [5, 5.41) is 11.9. The third-order valence-electron chi connectivity index (χ3n) is 4.54. The van der Waals surface area contributed by atoms with Gasteiger partial charge in [0, 0.05) is 36.0 Å². The van der Waals surface area contributed by atoms with E-state index in [9.17, 15) is 5.11 Å². The lowest BCUT2D eigenvalue weighted by molar-refractivity contribution is 0.0716. The first-order valence-corrected chi connectivity index (χ1v) is 8.07. The highest BCUT2D eigenvalue weighted by molar-refractivity contribution is 7.09. The Balaban J connectivity index is 1.66. The summed E-state index contributed by atoms with van der Waals surface area (Å²) in [4.78, 5) is 4.10. The van der Waals surface area contributed by atoms with Crippen LogP contribution in [0.25, 0.3) is 0 Å². The van der Waals surface area contributed by atoms with E-state index < -0.39 is 0 Å². The Hall–Kier alpha value is -0.380. The highest BCUT2D eigenvalue weighted by Crippen LogP contribution is 2.41. The zero-order valence-electron chi connectivity index (χ0n) is 11.0. The van der Waals surface area contributed by atoms with Crippen molar-refractivity contribution in [3.05, 3.63) is 22.4 Å². The predicted octanol–water partition coefficient (Wildman–Crippen LogP) is 3.27. The Kier molecular flexibility index (Phi) is 3.73. The number of hydrogen-bond acceptors (Lipinski definition) is 3. The van der Waals surface area contributed by atoms with Gasteiger partial charge in [0.25, 0.3) is 0 Å². The fraction of sp³-hybridized carbons (Fsp3) is 0.733. The molecule has 0 bridgehead atoms. The molecule has 1 aromatic rings. The first-order chi connectivity index (χ1) is 8.81. The van der Waals surface area contributed by atoms with Gasteiger partial charge in [-0.25, -0.2) is 0 Å². The molecule has 0 aliphatic heterocycles. The van der Waals surface area contributed by atoms with Gasteiger partial charge in [0.15, 0.2) is 0 Å². The average molecular weight is 265 g/mol. The van der Waals surface area contributed by atoms with Crippen molar-refractivity contribution in [1.82, 2.24) is 4.90 Å². The molecule has 2 fully saturated rings. The van der Waals surface area contributed by atoms with E-state index in [4.69, 9.17) is 0 Å². The van der Waals surface area contributed by atoms with Crippen LogP contribution in [0.15, 0.2) is 17.5 Å². The Bertz CT molecular complexity index is 366. The fourth-order valence-corrected chi connectivity index (χ4v) is 4.01. The molecule has 2 saturated carbocycles. The summed E-state index contributed by atoms with van der Waals surface area (Å²) < 4.78 is 0. The van der Waals surface area contributed by atoms with Crippen LogP contribution in [-0.2, 0) is 6.54 Å². The van der Waals surface area contributed by atoms with Crippen LogP contribution < -0.4 is 0 Å². The van der Waals surface area contributed by atoms with E-state index in [1.165, 1.54) is 43.4 Å². The number of rotatable bonds is 6. The molecule has 0 saturated heterocycles. The molecule has 2 nitrogen and oxygen atoms in total. The van der Waals surface area contributed by atoms with Crippen molar-refractivity contribution in [3.8, 4) is 0 Å². The smallest absolute Gasteiger partial charge is 0.0499 e. The molecule has 0 aromatic carbocycles. The molecule has 1 aromatic heterocycles. The highest BCUT2D eigenvalue weighted by Gasteiger charge is 2.39. The van der Waals surface area contributed by atoms with E-state index in [2.05, 4.69) is 22.4 Å². The van der Waals surface area contributed by atoms with Gasteiger partial charge in [0.2, 0.25) is 0 Å². The van der Waals surface area contributed by atoms with Crippen LogP contribution in [0.3, 0.4) is 0 Å². The van der Waals surface area contributed by atoms with Gasteiger partial charge in [-0.2, -0.15) is 0 Å². The maximum atomic E-state index is 9.77. The largest absolute Gasteiger partial charge is 0.396 e. The summed E-state index contributed by atoms with van der Waals surface area (Å²) in [5.41, 5.74) is 0.208. The van der Waals surface area contributed by atoms with Crippen molar-refractivity contribution >= 4 is 11.3 Å². The van der Waals surface area contributed by atoms with E-state index in [1.54, 1.807) is 0 Å². The number of aliphatic hydroxyl groups excluding tert-OH is 1. The molecule has 0 amide bonds. The molecule has 3 rings (SSSR count). The zero-order valence-corrected chi connectivity index (χ0v) is 11.8.